The van der Waals surface area contributed by atoms with Crippen molar-refractivity contribution in [2.24, 2.45) is 5.73 Å². The maximum absolute atomic E-state index is 12.8. The number of carbonyl (C=O) groups excluding carboxylic acids is 1. The van der Waals surface area contributed by atoms with E-state index in [4.69, 9.17) is 27.4 Å². The van der Waals surface area contributed by atoms with Gasteiger partial charge in [0.1, 0.15) is 17.1 Å². The predicted octanol–water partition coefficient (Wildman–Crippen LogP) is 1.59. The van der Waals surface area contributed by atoms with Crippen LogP contribution in [0.4, 0.5) is 0 Å². The number of carbonyl (C=O) groups is 1. The van der Waals surface area contributed by atoms with Gasteiger partial charge in [0.15, 0.2) is 0 Å². The Morgan fingerprint density at radius 2 is 1.95 bits per heavy atom. The second-order valence-electron chi connectivity index (χ2n) is 4.60. The van der Waals surface area contributed by atoms with E-state index in [0.29, 0.717) is 28.6 Å². The topological polar surface area (TPSA) is 64.8 Å². The molecule has 0 radical (unpaired) electrons. The number of hydrogen-bond donors (Lipinski definition) is 1. The molecule has 0 aromatic heterocycles. The largest absolute Gasteiger partial charge is 0.496 e. The van der Waals surface area contributed by atoms with Crippen molar-refractivity contribution in [1.29, 1.82) is 0 Å². The molecule has 0 bridgehead atoms. The van der Waals surface area contributed by atoms with Gasteiger partial charge in [0.05, 0.1) is 25.2 Å². The molecule has 6 heteroatoms. The van der Waals surface area contributed by atoms with E-state index in [2.05, 4.69) is 0 Å². The standard InChI is InChI=1S/C14H18N2O3S/c1-18-10-6-3-7-11(19-2)12(10)14(17)16-8-4-5-9(16)13(15)20/h3,6-7,9H,4-5,8H2,1-2H3,(H2,15,20). The van der Waals surface area contributed by atoms with Crippen LogP contribution in [0.2, 0.25) is 0 Å². The highest BCUT2D eigenvalue weighted by Crippen LogP contribution is 2.32. The van der Waals surface area contributed by atoms with Crippen LogP contribution >= 0.6 is 12.2 Å². The summed E-state index contributed by atoms with van der Waals surface area (Å²) in [6.07, 6.45) is 1.70. The van der Waals surface area contributed by atoms with Crippen LogP contribution in [0, 0.1) is 0 Å². The molecular weight excluding hydrogens is 276 g/mol. The summed E-state index contributed by atoms with van der Waals surface area (Å²) in [6.45, 7) is 0.641. The molecule has 1 fully saturated rings. The monoisotopic (exact) mass is 294 g/mol. The van der Waals surface area contributed by atoms with Gasteiger partial charge in [-0.05, 0) is 25.0 Å². The van der Waals surface area contributed by atoms with Crippen molar-refractivity contribution < 1.29 is 14.3 Å². The summed E-state index contributed by atoms with van der Waals surface area (Å²) in [7, 11) is 3.06. The van der Waals surface area contributed by atoms with E-state index < -0.39 is 0 Å². The molecule has 1 saturated heterocycles. The Balaban J connectivity index is 2.40. The zero-order valence-corrected chi connectivity index (χ0v) is 12.4. The Labute approximate surface area is 123 Å². The Bertz CT molecular complexity index is 511. The van der Waals surface area contributed by atoms with Crippen molar-refractivity contribution in [3.05, 3.63) is 23.8 Å². The zero-order chi connectivity index (χ0) is 14.7. The number of likely N-dealkylation sites (tertiary alicyclic amines) is 1. The first kappa shape index (κ1) is 14.6. The zero-order valence-electron chi connectivity index (χ0n) is 11.6. The number of ether oxygens (including phenoxy) is 2. The van der Waals surface area contributed by atoms with Gasteiger partial charge in [0.25, 0.3) is 5.91 Å². The molecule has 1 aromatic carbocycles. The van der Waals surface area contributed by atoms with Gasteiger partial charge < -0.3 is 20.1 Å². The van der Waals surface area contributed by atoms with Gasteiger partial charge in [0.2, 0.25) is 0 Å². The van der Waals surface area contributed by atoms with Gasteiger partial charge in [-0.1, -0.05) is 18.3 Å². The van der Waals surface area contributed by atoms with Crippen molar-refractivity contribution in [3.8, 4) is 11.5 Å². The number of nitrogens with zero attached hydrogens (tertiary/aromatic N) is 1. The fraction of sp³-hybridized carbons (Fsp3) is 0.429. The highest BCUT2D eigenvalue weighted by molar-refractivity contribution is 7.80. The maximum Gasteiger partial charge on any atom is 0.262 e. The number of methoxy groups -OCH3 is 2. The minimum Gasteiger partial charge on any atom is -0.496 e. The van der Waals surface area contributed by atoms with E-state index in [1.165, 1.54) is 14.2 Å². The van der Waals surface area contributed by atoms with Crippen LogP contribution in [0.5, 0.6) is 11.5 Å². The van der Waals surface area contributed by atoms with E-state index in [1.54, 1.807) is 23.1 Å². The van der Waals surface area contributed by atoms with Crippen LogP contribution in [0.3, 0.4) is 0 Å². The van der Waals surface area contributed by atoms with Gasteiger partial charge >= 0.3 is 0 Å². The fourth-order valence-electron chi connectivity index (χ4n) is 2.51. The summed E-state index contributed by atoms with van der Waals surface area (Å²) in [5.41, 5.74) is 6.14. The van der Waals surface area contributed by atoms with Crippen molar-refractivity contribution in [2.75, 3.05) is 20.8 Å². The molecule has 1 aliphatic heterocycles. The molecule has 1 heterocycles. The van der Waals surface area contributed by atoms with E-state index in [9.17, 15) is 4.79 Å². The average molecular weight is 294 g/mol. The molecule has 1 atom stereocenters. The third-order valence-corrected chi connectivity index (χ3v) is 3.76. The van der Waals surface area contributed by atoms with Crippen molar-refractivity contribution >= 4 is 23.1 Å². The Morgan fingerprint density at radius 1 is 1.35 bits per heavy atom. The second-order valence-corrected chi connectivity index (χ2v) is 5.07. The van der Waals surface area contributed by atoms with Crippen LogP contribution in [0.1, 0.15) is 23.2 Å². The smallest absolute Gasteiger partial charge is 0.262 e. The lowest BCUT2D eigenvalue weighted by Crippen LogP contribution is -2.43. The lowest BCUT2D eigenvalue weighted by atomic mass is 10.1. The van der Waals surface area contributed by atoms with Crippen molar-refractivity contribution in [2.45, 2.75) is 18.9 Å². The Hall–Kier alpha value is -1.82. The molecule has 0 spiro atoms. The van der Waals surface area contributed by atoms with E-state index in [1.807, 2.05) is 0 Å². The van der Waals surface area contributed by atoms with Gasteiger partial charge in [-0.2, -0.15) is 0 Å². The number of hydrogen-bond acceptors (Lipinski definition) is 4. The van der Waals surface area contributed by atoms with Crippen LogP contribution < -0.4 is 15.2 Å². The summed E-state index contributed by atoms with van der Waals surface area (Å²) in [5.74, 6) is 0.820. The van der Waals surface area contributed by atoms with Gasteiger partial charge in [-0.15, -0.1) is 0 Å². The molecule has 20 heavy (non-hydrogen) atoms. The molecule has 108 valence electrons. The molecule has 1 aliphatic rings. The highest BCUT2D eigenvalue weighted by Gasteiger charge is 2.34. The molecule has 5 nitrogen and oxygen atoms in total. The van der Waals surface area contributed by atoms with Crippen molar-refractivity contribution in [1.82, 2.24) is 4.90 Å². The maximum atomic E-state index is 12.8. The molecule has 2 N–H and O–H groups in total. The van der Waals surface area contributed by atoms with Crippen LogP contribution in [0.25, 0.3) is 0 Å². The lowest BCUT2D eigenvalue weighted by molar-refractivity contribution is 0.0763. The Kier molecular flexibility index (Phi) is 4.44. The summed E-state index contributed by atoms with van der Waals surface area (Å²) in [5, 5.41) is 0. The van der Waals surface area contributed by atoms with Crippen LogP contribution in [0.15, 0.2) is 18.2 Å². The number of thiocarbonyl (C=S) groups is 1. The quantitative estimate of drug-likeness (QED) is 0.854. The minimum atomic E-state index is -0.188. The normalized spacial score (nSPS) is 17.9. The molecule has 1 amide bonds. The summed E-state index contributed by atoms with van der Waals surface area (Å²) >= 11 is 5.05. The van der Waals surface area contributed by atoms with Gasteiger partial charge in [-0.25, -0.2) is 0 Å². The minimum absolute atomic E-state index is 0.158. The summed E-state index contributed by atoms with van der Waals surface area (Å²) in [4.78, 5) is 14.8. The predicted molar refractivity (Wildman–Crippen MR) is 80.4 cm³/mol. The number of rotatable bonds is 4. The highest BCUT2D eigenvalue weighted by atomic mass is 32.1. The first-order valence-corrected chi connectivity index (χ1v) is 6.82. The van der Waals surface area contributed by atoms with E-state index in [-0.39, 0.29) is 11.9 Å². The first-order chi connectivity index (χ1) is 9.60. The molecule has 1 aromatic rings. The Morgan fingerprint density at radius 3 is 2.45 bits per heavy atom. The SMILES string of the molecule is COc1cccc(OC)c1C(=O)N1CCCC1C(N)=S. The molecule has 0 aliphatic carbocycles. The number of nitrogens with two attached hydrogens (primary N) is 1. The molecular formula is C14H18N2O3S. The number of amides is 1. The van der Waals surface area contributed by atoms with Crippen molar-refractivity contribution in [3.63, 3.8) is 0 Å². The van der Waals surface area contributed by atoms with E-state index >= 15 is 0 Å². The van der Waals surface area contributed by atoms with Crippen LogP contribution in [-0.2, 0) is 0 Å². The van der Waals surface area contributed by atoms with E-state index in [0.717, 1.165) is 12.8 Å². The molecule has 2 rings (SSSR count). The van der Waals surface area contributed by atoms with Gasteiger partial charge in [-0.3, -0.25) is 4.79 Å². The molecule has 0 saturated carbocycles. The summed E-state index contributed by atoms with van der Waals surface area (Å²) < 4.78 is 10.5. The first-order valence-electron chi connectivity index (χ1n) is 6.41. The molecule has 1 unspecified atom stereocenters. The lowest BCUT2D eigenvalue weighted by Gasteiger charge is -2.25. The van der Waals surface area contributed by atoms with Gasteiger partial charge in [0, 0.05) is 6.54 Å². The third kappa shape index (κ3) is 2.56. The average Bonchev–Trinajstić information content (AvgIpc) is 2.95. The van der Waals surface area contributed by atoms with Crippen LogP contribution in [-0.4, -0.2) is 42.6 Å². The summed E-state index contributed by atoms with van der Waals surface area (Å²) in [6, 6.07) is 5.07. The number of benzene rings is 1. The fourth-order valence-corrected chi connectivity index (χ4v) is 2.76. The second kappa shape index (κ2) is 6.09. The third-order valence-electron chi connectivity index (χ3n) is 3.48.